The Morgan fingerprint density at radius 2 is 2.29 bits per heavy atom. The van der Waals surface area contributed by atoms with Gasteiger partial charge in [-0.15, -0.1) is 24.8 Å². The first-order chi connectivity index (χ1) is 9.06. The van der Waals surface area contributed by atoms with Crippen molar-refractivity contribution in [1.82, 2.24) is 20.2 Å². The molecule has 1 amide bonds. The molecule has 2 heterocycles. The standard InChI is InChI=1S/C13H21FN4O.2ClH/c1-9(2)8-18-4-3-15-12(18)7-17-13(19)11-5-10(14)6-16-11;;/h3-4,9-11,16H,5-8H2,1-2H3,(H,17,19);2*1H/t10-,11+;;/m0../s1. The van der Waals surface area contributed by atoms with Crippen LogP contribution < -0.4 is 10.6 Å². The van der Waals surface area contributed by atoms with E-state index in [0.29, 0.717) is 12.5 Å². The van der Waals surface area contributed by atoms with Crippen LogP contribution in [0.3, 0.4) is 0 Å². The van der Waals surface area contributed by atoms with Crippen LogP contribution in [0, 0.1) is 5.92 Å². The molecule has 1 aliphatic heterocycles. The number of alkyl halides is 1. The molecule has 0 saturated carbocycles. The van der Waals surface area contributed by atoms with Gasteiger partial charge >= 0.3 is 0 Å². The van der Waals surface area contributed by atoms with E-state index in [1.165, 1.54) is 0 Å². The van der Waals surface area contributed by atoms with Gasteiger partial charge in [0.25, 0.3) is 0 Å². The number of rotatable bonds is 5. The minimum atomic E-state index is -0.918. The van der Waals surface area contributed by atoms with Crippen LogP contribution in [0.1, 0.15) is 26.1 Å². The largest absolute Gasteiger partial charge is 0.348 e. The second kappa shape index (κ2) is 9.23. The normalized spacial score (nSPS) is 20.8. The van der Waals surface area contributed by atoms with Crippen molar-refractivity contribution >= 4 is 30.7 Å². The summed E-state index contributed by atoms with van der Waals surface area (Å²) in [6, 6.07) is -0.413. The van der Waals surface area contributed by atoms with E-state index in [0.717, 1.165) is 12.4 Å². The van der Waals surface area contributed by atoms with Crippen molar-refractivity contribution < 1.29 is 9.18 Å². The van der Waals surface area contributed by atoms with Crippen LogP contribution in [0.5, 0.6) is 0 Å². The highest BCUT2D eigenvalue weighted by Crippen LogP contribution is 2.10. The van der Waals surface area contributed by atoms with Crippen LogP contribution in [0.15, 0.2) is 12.4 Å². The summed E-state index contributed by atoms with van der Waals surface area (Å²) in [6.07, 6.45) is 2.98. The molecule has 2 atom stereocenters. The summed E-state index contributed by atoms with van der Waals surface area (Å²) in [4.78, 5) is 16.1. The van der Waals surface area contributed by atoms with E-state index in [9.17, 15) is 9.18 Å². The highest BCUT2D eigenvalue weighted by Gasteiger charge is 2.29. The molecule has 0 aliphatic carbocycles. The molecule has 0 bridgehead atoms. The first-order valence-electron chi connectivity index (χ1n) is 6.71. The molecule has 1 aliphatic rings. The van der Waals surface area contributed by atoms with Gasteiger partial charge in [0.05, 0.1) is 12.6 Å². The monoisotopic (exact) mass is 340 g/mol. The summed E-state index contributed by atoms with van der Waals surface area (Å²) in [5.74, 6) is 1.20. The van der Waals surface area contributed by atoms with Gasteiger partial charge in [-0.25, -0.2) is 9.37 Å². The molecule has 0 unspecified atom stereocenters. The van der Waals surface area contributed by atoms with Gasteiger partial charge in [0, 0.05) is 31.9 Å². The third-order valence-corrected chi connectivity index (χ3v) is 3.18. The van der Waals surface area contributed by atoms with Crippen molar-refractivity contribution in [3.05, 3.63) is 18.2 Å². The average Bonchev–Trinajstić information content (AvgIpc) is 2.95. The van der Waals surface area contributed by atoms with E-state index in [1.54, 1.807) is 6.20 Å². The zero-order valence-electron chi connectivity index (χ0n) is 12.2. The molecule has 0 aromatic carbocycles. The van der Waals surface area contributed by atoms with Crippen molar-refractivity contribution in [2.24, 2.45) is 5.92 Å². The lowest BCUT2D eigenvalue weighted by Crippen LogP contribution is -2.40. The highest BCUT2D eigenvalue weighted by atomic mass is 35.5. The molecule has 5 nitrogen and oxygen atoms in total. The van der Waals surface area contributed by atoms with Gasteiger partial charge in [-0.05, 0) is 5.92 Å². The molecule has 122 valence electrons. The molecule has 0 spiro atoms. The number of carbonyl (C=O) groups is 1. The van der Waals surface area contributed by atoms with Crippen molar-refractivity contribution in [3.8, 4) is 0 Å². The van der Waals surface area contributed by atoms with Crippen LogP contribution in [-0.4, -0.2) is 34.2 Å². The fourth-order valence-electron chi connectivity index (χ4n) is 2.25. The van der Waals surface area contributed by atoms with Crippen LogP contribution >= 0.6 is 24.8 Å². The molecule has 1 fully saturated rings. The average molecular weight is 341 g/mol. The number of hydrogen-bond donors (Lipinski definition) is 2. The Labute approximate surface area is 136 Å². The fraction of sp³-hybridized carbons (Fsp3) is 0.692. The summed E-state index contributed by atoms with van der Waals surface area (Å²) >= 11 is 0. The number of imidazole rings is 1. The van der Waals surface area contributed by atoms with Gasteiger partial charge in [-0.3, -0.25) is 4.79 Å². The number of nitrogens with one attached hydrogen (secondary N) is 2. The van der Waals surface area contributed by atoms with Gasteiger partial charge in [0.15, 0.2) is 0 Å². The van der Waals surface area contributed by atoms with Gasteiger partial charge < -0.3 is 15.2 Å². The second-order valence-electron chi connectivity index (χ2n) is 5.40. The van der Waals surface area contributed by atoms with Gasteiger partial charge in [-0.1, -0.05) is 13.8 Å². The van der Waals surface area contributed by atoms with E-state index < -0.39 is 12.2 Å². The smallest absolute Gasteiger partial charge is 0.237 e. The van der Waals surface area contributed by atoms with E-state index in [2.05, 4.69) is 29.5 Å². The maximum atomic E-state index is 13.0. The Hall–Kier alpha value is -0.850. The predicted molar refractivity (Wildman–Crippen MR) is 84.7 cm³/mol. The van der Waals surface area contributed by atoms with E-state index in [4.69, 9.17) is 0 Å². The lowest BCUT2D eigenvalue weighted by molar-refractivity contribution is -0.123. The lowest BCUT2D eigenvalue weighted by atomic mass is 10.2. The Bertz CT molecular complexity index is 442. The van der Waals surface area contributed by atoms with Gasteiger partial charge in [0.1, 0.15) is 12.0 Å². The Kier molecular flexibility index (Phi) is 8.85. The molecule has 21 heavy (non-hydrogen) atoms. The van der Waals surface area contributed by atoms with Crippen LogP contribution in [-0.2, 0) is 17.9 Å². The maximum Gasteiger partial charge on any atom is 0.237 e. The van der Waals surface area contributed by atoms with Crippen LogP contribution in [0.2, 0.25) is 0 Å². The molecular weight excluding hydrogens is 318 g/mol. The number of nitrogens with zero attached hydrogens (tertiary/aromatic N) is 2. The summed E-state index contributed by atoms with van der Waals surface area (Å²) in [6.45, 7) is 5.78. The van der Waals surface area contributed by atoms with E-state index in [-0.39, 0.29) is 43.7 Å². The van der Waals surface area contributed by atoms with Crippen molar-refractivity contribution in [3.63, 3.8) is 0 Å². The Morgan fingerprint density at radius 1 is 1.57 bits per heavy atom. The summed E-state index contributed by atoms with van der Waals surface area (Å²) in [5, 5.41) is 5.68. The van der Waals surface area contributed by atoms with Crippen molar-refractivity contribution in [2.75, 3.05) is 6.54 Å². The fourth-order valence-corrected chi connectivity index (χ4v) is 2.25. The number of aromatic nitrogens is 2. The Morgan fingerprint density at radius 3 is 2.86 bits per heavy atom. The summed E-state index contributed by atoms with van der Waals surface area (Å²) in [5.41, 5.74) is 0. The molecule has 0 radical (unpaired) electrons. The van der Waals surface area contributed by atoms with Crippen molar-refractivity contribution in [2.45, 2.75) is 45.6 Å². The first-order valence-corrected chi connectivity index (χ1v) is 6.71. The zero-order valence-corrected chi connectivity index (χ0v) is 13.8. The SMILES string of the molecule is CC(C)Cn1ccnc1CNC(=O)[C@H]1C[C@H](F)CN1.Cl.Cl. The molecule has 1 saturated heterocycles. The second-order valence-corrected chi connectivity index (χ2v) is 5.40. The quantitative estimate of drug-likeness (QED) is 0.857. The number of hydrogen-bond acceptors (Lipinski definition) is 3. The lowest BCUT2D eigenvalue weighted by Gasteiger charge is -2.13. The third-order valence-electron chi connectivity index (χ3n) is 3.18. The zero-order chi connectivity index (χ0) is 13.8. The minimum Gasteiger partial charge on any atom is -0.348 e. The van der Waals surface area contributed by atoms with Gasteiger partial charge in [0.2, 0.25) is 5.91 Å². The number of carbonyl (C=O) groups excluding carboxylic acids is 1. The molecule has 2 rings (SSSR count). The third kappa shape index (κ3) is 5.80. The summed E-state index contributed by atoms with van der Waals surface area (Å²) < 4.78 is 15.0. The Balaban J connectivity index is 0.00000200. The molecular formula is C13H23Cl2FN4O. The van der Waals surface area contributed by atoms with Gasteiger partial charge in [-0.2, -0.15) is 0 Å². The molecule has 1 aromatic rings. The predicted octanol–water partition coefficient (Wildman–Crippen LogP) is 1.70. The molecule has 2 N–H and O–H groups in total. The number of halogens is 3. The minimum absolute atomic E-state index is 0. The number of amides is 1. The van der Waals surface area contributed by atoms with Crippen molar-refractivity contribution in [1.29, 1.82) is 0 Å². The first kappa shape index (κ1) is 20.1. The topological polar surface area (TPSA) is 59.0 Å². The van der Waals surface area contributed by atoms with Crippen LogP contribution in [0.25, 0.3) is 0 Å². The van der Waals surface area contributed by atoms with E-state index >= 15 is 0 Å². The maximum absolute atomic E-state index is 13.0. The van der Waals surface area contributed by atoms with Crippen LogP contribution in [0.4, 0.5) is 4.39 Å². The summed E-state index contributed by atoms with van der Waals surface area (Å²) in [7, 11) is 0. The highest BCUT2D eigenvalue weighted by molar-refractivity contribution is 5.85. The molecule has 1 aromatic heterocycles. The molecule has 8 heteroatoms. The van der Waals surface area contributed by atoms with E-state index in [1.807, 2.05) is 10.8 Å².